The van der Waals surface area contributed by atoms with Crippen LogP contribution >= 0.6 is 0 Å². The number of hydrogen-bond donors (Lipinski definition) is 3. The van der Waals surface area contributed by atoms with Gasteiger partial charge < -0.3 is 29.7 Å². The van der Waals surface area contributed by atoms with Crippen molar-refractivity contribution in [1.82, 2.24) is 10.2 Å². The molecular formula is C27H34N2O10. The third-order valence-corrected chi connectivity index (χ3v) is 6.19. The minimum absolute atomic E-state index is 0.0356. The predicted molar refractivity (Wildman–Crippen MR) is 135 cm³/mol. The van der Waals surface area contributed by atoms with Crippen molar-refractivity contribution >= 4 is 29.7 Å². The largest absolute Gasteiger partial charge is 0.479 e. The van der Waals surface area contributed by atoms with Gasteiger partial charge in [-0.1, -0.05) is 26.0 Å². The topological polar surface area (TPSA) is 169 Å². The molecule has 0 aliphatic carbocycles. The van der Waals surface area contributed by atoms with Gasteiger partial charge in [0.05, 0.1) is 12.0 Å². The zero-order chi connectivity index (χ0) is 28.5. The minimum Gasteiger partial charge on any atom is -0.479 e. The number of amides is 3. The number of carbonyl (C=O) groups is 5. The van der Waals surface area contributed by atoms with Crippen LogP contribution in [0.1, 0.15) is 50.7 Å². The van der Waals surface area contributed by atoms with Crippen LogP contribution in [0.4, 0.5) is 0 Å². The first-order valence-electron chi connectivity index (χ1n) is 12.8. The zero-order valence-electron chi connectivity index (χ0n) is 22.0. The van der Waals surface area contributed by atoms with Crippen molar-refractivity contribution in [3.8, 4) is 5.75 Å². The first-order valence-corrected chi connectivity index (χ1v) is 12.8. The number of carboxylic acids is 1. The number of ether oxygens (including phenoxy) is 3. The molecule has 0 saturated carbocycles. The quantitative estimate of drug-likeness (QED) is 0.185. The predicted octanol–water partition coefficient (Wildman–Crippen LogP) is 1.08. The van der Waals surface area contributed by atoms with E-state index in [1.54, 1.807) is 26.0 Å². The second kappa shape index (κ2) is 13.9. The van der Waals surface area contributed by atoms with Gasteiger partial charge in [0.1, 0.15) is 18.9 Å². The second-order valence-corrected chi connectivity index (χ2v) is 9.74. The number of benzene rings is 1. The molecule has 3 amide bonds. The van der Waals surface area contributed by atoms with Crippen LogP contribution < -0.4 is 10.1 Å². The standard InChI is InChI=1S/C27H34N2O10/c1-16(2)27(36)37-15-18-7-6-17(11-20(18)38-25-13-19(30)12-21(39-25)26(34)35)5-3-4-10-28-22(31)14-29-23(32)8-9-24(29)33/h6-9,11,16,19,21,25,30H,3-5,10,12-15H2,1-2H3,(H,28,31)(H,34,35). The van der Waals surface area contributed by atoms with Crippen LogP contribution in [0.2, 0.25) is 0 Å². The summed E-state index contributed by atoms with van der Waals surface area (Å²) in [6.45, 7) is 3.43. The molecule has 212 valence electrons. The lowest BCUT2D eigenvalue weighted by atomic mass is 10.0. The van der Waals surface area contributed by atoms with E-state index in [0.717, 1.165) is 22.6 Å². The van der Waals surface area contributed by atoms with Crippen LogP contribution in [0, 0.1) is 5.92 Å². The molecule has 3 atom stereocenters. The number of aliphatic hydroxyl groups is 1. The molecule has 0 spiro atoms. The van der Waals surface area contributed by atoms with Crippen LogP contribution in [0.3, 0.4) is 0 Å². The van der Waals surface area contributed by atoms with Crippen LogP contribution in [0.5, 0.6) is 5.75 Å². The molecular weight excluding hydrogens is 512 g/mol. The van der Waals surface area contributed by atoms with E-state index in [2.05, 4.69) is 5.32 Å². The summed E-state index contributed by atoms with van der Waals surface area (Å²) >= 11 is 0. The monoisotopic (exact) mass is 546 g/mol. The summed E-state index contributed by atoms with van der Waals surface area (Å²) in [5, 5.41) is 22.1. The summed E-state index contributed by atoms with van der Waals surface area (Å²) in [5.74, 6) is -2.97. The van der Waals surface area contributed by atoms with Gasteiger partial charge in [-0.2, -0.15) is 0 Å². The number of carboxylic acid groups (broad SMARTS) is 1. The maximum Gasteiger partial charge on any atom is 0.333 e. The number of aryl methyl sites for hydroxylation is 1. The molecule has 1 aromatic carbocycles. The number of hydrogen-bond acceptors (Lipinski definition) is 9. The smallest absolute Gasteiger partial charge is 0.333 e. The van der Waals surface area contributed by atoms with Gasteiger partial charge in [-0.25, -0.2) is 4.79 Å². The Kier molecular flexibility index (Phi) is 10.6. The van der Waals surface area contributed by atoms with E-state index < -0.39 is 42.2 Å². The summed E-state index contributed by atoms with van der Waals surface area (Å²) in [6.07, 6.45) is 1.16. The molecule has 12 heteroatoms. The summed E-state index contributed by atoms with van der Waals surface area (Å²) < 4.78 is 16.8. The van der Waals surface area contributed by atoms with Crippen molar-refractivity contribution in [2.75, 3.05) is 13.1 Å². The van der Waals surface area contributed by atoms with Gasteiger partial charge in [0, 0.05) is 37.1 Å². The highest BCUT2D eigenvalue weighted by Crippen LogP contribution is 2.28. The van der Waals surface area contributed by atoms with Crippen molar-refractivity contribution in [3.05, 3.63) is 41.5 Å². The third-order valence-electron chi connectivity index (χ3n) is 6.19. The van der Waals surface area contributed by atoms with Crippen molar-refractivity contribution in [1.29, 1.82) is 0 Å². The van der Waals surface area contributed by atoms with Gasteiger partial charge in [-0.15, -0.1) is 0 Å². The van der Waals surface area contributed by atoms with Crippen molar-refractivity contribution in [2.24, 2.45) is 5.92 Å². The Morgan fingerprint density at radius 3 is 2.51 bits per heavy atom. The van der Waals surface area contributed by atoms with Gasteiger partial charge in [0.2, 0.25) is 12.2 Å². The van der Waals surface area contributed by atoms with E-state index in [9.17, 15) is 34.2 Å². The lowest BCUT2D eigenvalue weighted by molar-refractivity contribution is -0.195. The molecule has 3 unspecified atom stereocenters. The molecule has 1 saturated heterocycles. The average molecular weight is 547 g/mol. The van der Waals surface area contributed by atoms with Crippen molar-refractivity contribution in [3.63, 3.8) is 0 Å². The van der Waals surface area contributed by atoms with Crippen LogP contribution in [-0.4, -0.2) is 76.4 Å². The maximum absolute atomic E-state index is 12.0. The molecule has 0 radical (unpaired) electrons. The number of nitrogens with one attached hydrogen (secondary N) is 1. The molecule has 0 aromatic heterocycles. The maximum atomic E-state index is 12.0. The average Bonchev–Trinajstić information content (AvgIpc) is 3.19. The van der Waals surface area contributed by atoms with Gasteiger partial charge in [0.15, 0.2) is 6.10 Å². The number of unbranched alkanes of at least 4 members (excludes halogenated alkanes) is 1. The van der Waals surface area contributed by atoms with E-state index in [1.165, 1.54) is 0 Å². The number of imide groups is 1. The van der Waals surface area contributed by atoms with Gasteiger partial charge in [0.25, 0.3) is 11.8 Å². The number of aliphatic hydroxyl groups excluding tert-OH is 1. The second-order valence-electron chi connectivity index (χ2n) is 9.74. The van der Waals surface area contributed by atoms with Crippen LogP contribution in [0.15, 0.2) is 30.4 Å². The number of carbonyl (C=O) groups excluding carboxylic acids is 4. The molecule has 2 aliphatic heterocycles. The molecule has 1 aromatic rings. The number of aliphatic carboxylic acids is 1. The molecule has 2 heterocycles. The molecule has 2 aliphatic rings. The molecule has 0 bridgehead atoms. The van der Waals surface area contributed by atoms with E-state index in [-0.39, 0.29) is 37.9 Å². The summed E-state index contributed by atoms with van der Waals surface area (Å²) in [5.41, 5.74) is 1.46. The molecule has 12 nitrogen and oxygen atoms in total. The van der Waals surface area contributed by atoms with Gasteiger partial charge in [-0.3, -0.25) is 24.1 Å². The Balaban J connectivity index is 1.56. The Morgan fingerprint density at radius 2 is 1.85 bits per heavy atom. The van der Waals surface area contributed by atoms with E-state index >= 15 is 0 Å². The van der Waals surface area contributed by atoms with Crippen LogP contribution in [-0.2, 0) is 46.5 Å². The molecule has 1 fully saturated rings. The Hall–Kier alpha value is -3.77. The zero-order valence-corrected chi connectivity index (χ0v) is 22.0. The molecule has 3 rings (SSSR count). The fourth-order valence-electron chi connectivity index (χ4n) is 4.00. The van der Waals surface area contributed by atoms with E-state index in [1.807, 2.05) is 6.07 Å². The number of rotatable bonds is 13. The SMILES string of the molecule is CC(C)C(=O)OCc1ccc(CCCCNC(=O)CN2C(=O)C=CC2=O)cc1OC1CC(O)CC(C(=O)O)O1. The first-order chi connectivity index (χ1) is 18.5. The Bertz CT molecular complexity index is 1100. The minimum atomic E-state index is -1.20. The number of esters is 1. The Morgan fingerprint density at radius 1 is 1.13 bits per heavy atom. The third kappa shape index (κ3) is 8.89. The fourth-order valence-corrected chi connectivity index (χ4v) is 4.00. The lowest BCUT2D eigenvalue weighted by Crippen LogP contribution is -2.42. The van der Waals surface area contributed by atoms with E-state index in [0.29, 0.717) is 37.1 Å². The summed E-state index contributed by atoms with van der Waals surface area (Å²) in [7, 11) is 0. The van der Waals surface area contributed by atoms with Crippen LogP contribution in [0.25, 0.3) is 0 Å². The highest BCUT2D eigenvalue weighted by atomic mass is 16.7. The highest BCUT2D eigenvalue weighted by molar-refractivity contribution is 6.14. The fraction of sp³-hybridized carbons (Fsp3) is 0.519. The van der Waals surface area contributed by atoms with Crippen molar-refractivity contribution < 1.29 is 48.4 Å². The highest BCUT2D eigenvalue weighted by Gasteiger charge is 2.34. The van der Waals surface area contributed by atoms with Crippen molar-refractivity contribution in [2.45, 2.75) is 71.1 Å². The lowest BCUT2D eigenvalue weighted by Gasteiger charge is -2.31. The first kappa shape index (κ1) is 29.8. The van der Waals surface area contributed by atoms with E-state index in [4.69, 9.17) is 14.2 Å². The molecule has 39 heavy (non-hydrogen) atoms. The molecule has 3 N–H and O–H groups in total. The Labute approximate surface area is 225 Å². The normalized spacial score (nSPS) is 20.8. The summed E-state index contributed by atoms with van der Waals surface area (Å²) in [6, 6.07) is 5.37. The number of nitrogens with zero attached hydrogens (tertiary/aromatic N) is 1. The summed E-state index contributed by atoms with van der Waals surface area (Å²) in [4.78, 5) is 59.4. The van der Waals surface area contributed by atoms with Gasteiger partial charge >= 0.3 is 11.9 Å². The van der Waals surface area contributed by atoms with Gasteiger partial charge in [-0.05, 0) is 30.9 Å².